The highest BCUT2D eigenvalue weighted by Crippen LogP contribution is 2.58. The molecule has 1 aliphatic heterocycles. The predicted octanol–water partition coefficient (Wildman–Crippen LogP) is 7.92. The Morgan fingerprint density at radius 2 is 1.62 bits per heavy atom. The summed E-state index contributed by atoms with van der Waals surface area (Å²) in [5.74, 6) is -4.90. The Morgan fingerprint density at radius 3 is 2.20 bits per heavy atom. The zero-order valence-corrected chi connectivity index (χ0v) is 27.7. The fourth-order valence-electron chi connectivity index (χ4n) is 6.44. The lowest BCUT2D eigenvalue weighted by Crippen LogP contribution is -2.54. The van der Waals surface area contributed by atoms with E-state index in [0.29, 0.717) is 10.9 Å². The first-order valence-corrected chi connectivity index (χ1v) is 18.4. The Kier molecular flexibility index (Phi) is 11.0. The largest absolute Gasteiger partial charge is 0.743 e. The molecule has 2 bridgehead atoms. The van der Waals surface area contributed by atoms with Gasteiger partial charge >= 0.3 is 17.3 Å². The van der Waals surface area contributed by atoms with Crippen molar-refractivity contribution in [3.8, 4) is 5.75 Å². The number of hydrogen-bond donors (Lipinski definition) is 0. The summed E-state index contributed by atoms with van der Waals surface area (Å²) in [6.45, 7) is 7.71. The quantitative estimate of drug-likeness (QED) is 0.0873. The topological polar surface area (TPSA) is 102 Å². The van der Waals surface area contributed by atoms with Crippen LogP contribution in [0.1, 0.15) is 72.6 Å². The van der Waals surface area contributed by atoms with Gasteiger partial charge in [0.2, 0.25) is 0 Å². The molecular formula is C32H42F4O7S2. The first-order chi connectivity index (χ1) is 21.0. The minimum Gasteiger partial charge on any atom is -0.743 e. The fourth-order valence-corrected chi connectivity index (χ4v) is 9.42. The standard InChI is InChI=1S/C18H23OS.C14H20F4O6S/c1-2-3-12-19-17-10-11-18(20-13-6-7-14-20)16-9-5-4-8-15(16)17;1-12(2,3)24-11(19)23-10-6-7-4-8(10)9(5-7)13(15,16)14(17,18)25(20,21)22/h4-5,8-11H,2-3,6-7,12-14H2,1H3;7-10H,4-6H2,1-3H3,(H,20,21,22)/q+1;/p-1. The number of halogens is 4. The third kappa shape index (κ3) is 8.01. The lowest BCUT2D eigenvalue weighted by molar-refractivity contribution is -0.210. The molecule has 1 heterocycles. The van der Waals surface area contributed by atoms with E-state index in [4.69, 9.17) is 14.2 Å². The lowest BCUT2D eigenvalue weighted by atomic mass is 9.82. The molecule has 3 fully saturated rings. The Bertz CT molecular complexity index is 1440. The Labute approximate surface area is 265 Å². The van der Waals surface area contributed by atoms with E-state index < -0.39 is 56.9 Å². The van der Waals surface area contributed by atoms with Crippen LogP contribution in [0, 0.1) is 17.8 Å². The number of alkyl halides is 4. The van der Waals surface area contributed by atoms with Gasteiger partial charge in [-0.2, -0.15) is 17.6 Å². The molecule has 3 aliphatic rings. The van der Waals surface area contributed by atoms with E-state index in [2.05, 4.69) is 43.3 Å². The van der Waals surface area contributed by atoms with Gasteiger partial charge in [-0.3, -0.25) is 0 Å². The fraction of sp³-hybridized carbons (Fsp3) is 0.656. The van der Waals surface area contributed by atoms with E-state index in [1.54, 1.807) is 25.7 Å². The number of carbonyl (C=O) groups excluding carboxylic acids is 1. The Morgan fingerprint density at radius 1 is 0.978 bits per heavy atom. The summed E-state index contributed by atoms with van der Waals surface area (Å²) in [4.78, 5) is 13.2. The van der Waals surface area contributed by atoms with Crippen molar-refractivity contribution in [2.24, 2.45) is 17.8 Å². The smallest absolute Gasteiger partial charge is 0.509 e. The van der Waals surface area contributed by atoms with Gasteiger partial charge in [0.15, 0.2) is 15.0 Å². The van der Waals surface area contributed by atoms with Crippen molar-refractivity contribution in [3.05, 3.63) is 36.4 Å². The van der Waals surface area contributed by atoms with Crippen LogP contribution in [0.4, 0.5) is 22.4 Å². The molecule has 4 unspecified atom stereocenters. The molecule has 2 aromatic rings. The van der Waals surface area contributed by atoms with E-state index in [1.807, 2.05) is 0 Å². The molecule has 0 spiro atoms. The number of unbranched alkanes of at least 4 members (excludes halogenated alkanes) is 1. The van der Waals surface area contributed by atoms with Crippen molar-refractivity contribution >= 4 is 37.9 Å². The zero-order valence-electron chi connectivity index (χ0n) is 26.0. The maximum Gasteiger partial charge on any atom is 0.509 e. The number of fused-ring (bicyclic) bond motifs is 3. The molecule has 0 radical (unpaired) electrons. The normalized spacial score (nSPS) is 23.9. The summed E-state index contributed by atoms with van der Waals surface area (Å²) >= 11 is 0. The van der Waals surface area contributed by atoms with Gasteiger partial charge < -0.3 is 18.8 Å². The van der Waals surface area contributed by atoms with E-state index in [0.717, 1.165) is 18.8 Å². The first-order valence-electron chi connectivity index (χ1n) is 15.4. The summed E-state index contributed by atoms with van der Waals surface area (Å²) in [7, 11) is -6.08. The van der Waals surface area contributed by atoms with Crippen LogP contribution in [0.15, 0.2) is 41.3 Å². The molecule has 4 atom stereocenters. The molecule has 7 nitrogen and oxygen atoms in total. The van der Waals surface area contributed by atoms with Crippen LogP contribution < -0.4 is 4.74 Å². The number of rotatable bonds is 9. The molecule has 2 saturated carbocycles. The molecule has 13 heteroatoms. The predicted molar refractivity (Wildman–Crippen MR) is 164 cm³/mol. The average Bonchev–Trinajstić information content (AvgIpc) is 3.70. The molecule has 2 aromatic carbocycles. The number of carbonyl (C=O) groups is 1. The first kappa shape index (κ1) is 35.6. The second-order valence-corrected chi connectivity index (χ2v) is 16.6. The van der Waals surface area contributed by atoms with Crippen molar-refractivity contribution in [2.75, 3.05) is 18.1 Å². The van der Waals surface area contributed by atoms with Crippen molar-refractivity contribution in [1.29, 1.82) is 0 Å². The van der Waals surface area contributed by atoms with Crippen molar-refractivity contribution in [2.45, 2.75) is 100 Å². The highest BCUT2D eigenvalue weighted by molar-refractivity contribution is 7.97. The van der Waals surface area contributed by atoms with E-state index in [1.165, 1.54) is 41.5 Å². The Balaban J connectivity index is 0.000000209. The van der Waals surface area contributed by atoms with E-state index in [9.17, 15) is 35.3 Å². The SMILES string of the molecule is CC(C)(C)OC(=O)OC1CC2CC1C(C(F)(F)C(F)(F)S(=O)(=O)[O-])C2.CCCCOc1ccc([S+]2CCCC2)c2ccccc12. The van der Waals surface area contributed by atoms with Gasteiger partial charge in [0.1, 0.15) is 29.0 Å². The molecule has 2 aliphatic carbocycles. The minimum absolute atomic E-state index is 0.0860. The van der Waals surface area contributed by atoms with Gasteiger partial charge in [0.25, 0.3) is 0 Å². The van der Waals surface area contributed by atoms with Crippen LogP contribution in [-0.4, -0.2) is 60.1 Å². The van der Waals surface area contributed by atoms with Crippen LogP contribution in [0.2, 0.25) is 0 Å². The van der Waals surface area contributed by atoms with Crippen molar-refractivity contribution in [3.63, 3.8) is 0 Å². The van der Waals surface area contributed by atoms with Crippen LogP contribution in [0.5, 0.6) is 5.75 Å². The van der Waals surface area contributed by atoms with Gasteiger partial charge in [0.05, 0.1) is 6.61 Å². The lowest BCUT2D eigenvalue weighted by Gasteiger charge is -2.38. The van der Waals surface area contributed by atoms with Crippen LogP contribution >= 0.6 is 0 Å². The second-order valence-electron chi connectivity index (χ2n) is 13.0. The monoisotopic (exact) mass is 678 g/mol. The molecule has 0 aromatic heterocycles. The summed E-state index contributed by atoms with van der Waals surface area (Å²) in [5, 5.41) is -3.03. The summed E-state index contributed by atoms with van der Waals surface area (Å²) in [6.07, 6.45) is 2.81. The van der Waals surface area contributed by atoms with Gasteiger partial charge in [-0.15, -0.1) is 0 Å². The zero-order chi connectivity index (χ0) is 33.2. The third-order valence-corrected chi connectivity index (χ3v) is 11.9. The molecule has 45 heavy (non-hydrogen) atoms. The molecular weight excluding hydrogens is 636 g/mol. The maximum atomic E-state index is 14.1. The van der Waals surface area contributed by atoms with Crippen molar-refractivity contribution < 1.29 is 49.5 Å². The molecule has 252 valence electrons. The van der Waals surface area contributed by atoms with Crippen LogP contribution in [-0.2, 0) is 30.5 Å². The minimum atomic E-state index is -6.54. The summed E-state index contributed by atoms with van der Waals surface area (Å²) in [5.41, 5.74) is -0.887. The summed E-state index contributed by atoms with van der Waals surface area (Å²) in [6, 6.07) is 13.3. The van der Waals surface area contributed by atoms with Crippen LogP contribution in [0.3, 0.4) is 0 Å². The third-order valence-electron chi connectivity index (χ3n) is 8.50. The average molecular weight is 679 g/mol. The maximum absolute atomic E-state index is 14.1. The molecule has 1 saturated heterocycles. The number of ether oxygens (including phenoxy) is 3. The van der Waals surface area contributed by atoms with Gasteiger partial charge in [-0.25, -0.2) is 13.2 Å². The molecule has 0 N–H and O–H groups in total. The highest BCUT2D eigenvalue weighted by Gasteiger charge is 2.70. The van der Waals surface area contributed by atoms with Gasteiger partial charge in [-0.05, 0) is 83.4 Å². The molecule has 0 amide bonds. The van der Waals surface area contributed by atoms with Crippen molar-refractivity contribution in [1.82, 2.24) is 0 Å². The van der Waals surface area contributed by atoms with Gasteiger partial charge in [0, 0.05) is 33.5 Å². The number of benzene rings is 2. The highest BCUT2D eigenvalue weighted by atomic mass is 32.2. The van der Waals surface area contributed by atoms with Gasteiger partial charge in [-0.1, -0.05) is 31.5 Å². The number of hydrogen-bond acceptors (Lipinski definition) is 7. The van der Waals surface area contributed by atoms with E-state index in [-0.39, 0.29) is 19.3 Å². The van der Waals surface area contributed by atoms with E-state index >= 15 is 0 Å². The molecule has 5 rings (SSSR count). The second kappa shape index (κ2) is 13.9. The summed E-state index contributed by atoms with van der Waals surface area (Å²) < 4.78 is 103. The van der Waals surface area contributed by atoms with Crippen LogP contribution in [0.25, 0.3) is 10.8 Å². The Hall–Kier alpha value is -2.25.